The maximum atomic E-state index is 9.41. The fraction of sp³-hybridized carbons (Fsp3) is 0.368. The first kappa shape index (κ1) is 14.3. The molecule has 1 saturated carbocycles. The molecule has 0 saturated heterocycles. The highest BCUT2D eigenvalue weighted by Gasteiger charge is 2.27. The summed E-state index contributed by atoms with van der Waals surface area (Å²) in [6.07, 6.45) is 2.82. The van der Waals surface area contributed by atoms with Gasteiger partial charge in [0.2, 0.25) is 0 Å². The molecular weight excluding hydrogens is 258 g/mol. The summed E-state index contributed by atoms with van der Waals surface area (Å²) in [6, 6.07) is 21.6. The minimum atomic E-state index is -0.0684. The van der Waals surface area contributed by atoms with Gasteiger partial charge in [0.05, 0.1) is 6.10 Å². The van der Waals surface area contributed by atoms with Crippen LogP contribution in [0.15, 0.2) is 60.7 Å². The maximum Gasteiger partial charge on any atom is 0.0546 e. The summed E-state index contributed by atoms with van der Waals surface area (Å²) in [5, 5.41) is 13.1. The summed E-state index contributed by atoms with van der Waals surface area (Å²) >= 11 is 0. The van der Waals surface area contributed by atoms with Crippen LogP contribution in [0.3, 0.4) is 0 Å². The van der Waals surface area contributed by atoms with Gasteiger partial charge in [0, 0.05) is 6.04 Å². The smallest absolute Gasteiger partial charge is 0.0546 e. The van der Waals surface area contributed by atoms with Gasteiger partial charge in [-0.2, -0.15) is 0 Å². The van der Waals surface area contributed by atoms with E-state index in [1.807, 2.05) is 0 Å². The van der Waals surface area contributed by atoms with E-state index in [4.69, 9.17) is 0 Å². The van der Waals surface area contributed by atoms with Crippen LogP contribution in [0, 0.1) is 5.92 Å². The van der Waals surface area contributed by atoms with Gasteiger partial charge in [-0.3, -0.25) is 0 Å². The molecule has 2 nitrogen and oxygen atoms in total. The second kappa shape index (κ2) is 6.88. The van der Waals surface area contributed by atoms with Gasteiger partial charge in [0.1, 0.15) is 0 Å². The van der Waals surface area contributed by atoms with Crippen LogP contribution in [0.2, 0.25) is 0 Å². The van der Waals surface area contributed by atoms with E-state index in [2.05, 4.69) is 66.0 Å². The number of rotatable bonds is 6. The topological polar surface area (TPSA) is 32.3 Å². The van der Waals surface area contributed by atoms with Crippen molar-refractivity contribution in [3.8, 4) is 0 Å². The summed E-state index contributed by atoms with van der Waals surface area (Å²) in [5.41, 5.74) is 2.69. The predicted molar refractivity (Wildman–Crippen MR) is 86.1 cm³/mol. The first-order valence-corrected chi connectivity index (χ1v) is 7.81. The van der Waals surface area contributed by atoms with E-state index >= 15 is 0 Å². The van der Waals surface area contributed by atoms with Gasteiger partial charge < -0.3 is 10.4 Å². The normalized spacial score (nSPS) is 22.5. The van der Waals surface area contributed by atoms with Crippen LogP contribution in [0.1, 0.15) is 30.0 Å². The molecule has 0 heterocycles. The Bertz CT molecular complexity index is 534. The summed E-state index contributed by atoms with van der Waals surface area (Å²) in [4.78, 5) is 0. The molecule has 1 aliphatic rings. The third kappa shape index (κ3) is 3.93. The Morgan fingerprint density at radius 2 is 1.57 bits per heavy atom. The number of benzene rings is 2. The average Bonchev–Trinajstić information content (AvgIpc) is 2.51. The molecule has 0 amide bonds. The van der Waals surface area contributed by atoms with Crippen LogP contribution in [0.4, 0.5) is 0 Å². The molecule has 3 rings (SSSR count). The lowest BCUT2D eigenvalue weighted by molar-refractivity contribution is 0.0418. The van der Waals surface area contributed by atoms with Crippen molar-refractivity contribution in [1.29, 1.82) is 0 Å². The molecule has 0 radical (unpaired) electrons. The van der Waals surface area contributed by atoms with Crippen molar-refractivity contribution in [2.24, 2.45) is 5.92 Å². The number of nitrogens with one attached hydrogen (secondary N) is 1. The third-order valence-corrected chi connectivity index (χ3v) is 4.35. The number of hydrogen-bond donors (Lipinski definition) is 2. The lowest BCUT2D eigenvalue weighted by Gasteiger charge is -2.33. The van der Waals surface area contributed by atoms with Crippen LogP contribution in [-0.2, 0) is 6.42 Å². The van der Waals surface area contributed by atoms with Crippen molar-refractivity contribution in [3.05, 3.63) is 71.8 Å². The van der Waals surface area contributed by atoms with Crippen molar-refractivity contribution in [2.75, 3.05) is 6.54 Å². The molecule has 21 heavy (non-hydrogen) atoms. The van der Waals surface area contributed by atoms with E-state index in [-0.39, 0.29) is 6.10 Å². The fourth-order valence-electron chi connectivity index (χ4n) is 3.02. The minimum absolute atomic E-state index is 0.0684. The lowest BCUT2D eigenvalue weighted by atomic mass is 9.82. The highest BCUT2D eigenvalue weighted by atomic mass is 16.3. The highest BCUT2D eigenvalue weighted by molar-refractivity contribution is 5.23. The maximum absolute atomic E-state index is 9.41. The second-order valence-corrected chi connectivity index (χ2v) is 6.05. The van der Waals surface area contributed by atoms with Gasteiger partial charge >= 0.3 is 0 Å². The Morgan fingerprint density at radius 3 is 2.19 bits per heavy atom. The van der Waals surface area contributed by atoms with Gasteiger partial charge in [-0.25, -0.2) is 0 Å². The summed E-state index contributed by atoms with van der Waals surface area (Å²) in [6.45, 7) is 0.990. The van der Waals surface area contributed by atoms with E-state index < -0.39 is 0 Å². The molecule has 2 N–H and O–H groups in total. The Kier molecular flexibility index (Phi) is 4.69. The number of hydrogen-bond acceptors (Lipinski definition) is 2. The third-order valence-electron chi connectivity index (χ3n) is 4.35. The van der Waals surface area contributed by atoms with Crippen molar-refractivity contribution in [3.63, 3.8) is 0 Å². The molecular formula is C19H23NO. The second-order valence-electron chi connectivity index (χ2n) is 6.05. The lowest BCUT2D eigenvalue weighted by Crippen LogP contribution is -2.38. The fourth-order valence-corrected chi connectivity index (χ4v) is 3.02. The van der Waals surface area contributed by atoms with Crippen LogP contribution in [0.25, 0.3) is 0 Å². The number of aliphatic hydroxyl groups excluding tert-OH is 1. The van der Waals surface area contributed by atoms with E-state index in [9.17, 15) is 5.11 Å². The van der Waals surface area contributed by atoms with E-state index in [0.717, 1.165) is 25.8 Å². The Hall–Kier alpha value is -1.64. The Balaban J connectivity index is 1.66. The Morgan fingerprint density at radius 1 is 0.952 bits per heavy atom. The molecule has 0 aromatic heterocycles. The van der Waals surface area contributed by atoms with Gasteiger partial charge in [0.25, 0.3) is 0 Å². The zero-order chi connectivity index (χ0) is 14.5. The molecule has 2 aromatic carbocycles. The van der Waals surface area contributed by atoms with Crippen LogP contribution in [-0.4, -0.2) is 17.8 Å². The zero-order valence-corrected chi connectivity index (χ0v) is 12.3. The summed E-state index contributed by atoms with van der Waals surface area (Å²) in [7, 11) is 0. The molecule has 0 spiro atoms. The largest absolute Gasteiger partial charge is 0.393 e. The van der Waals surface area contributed by atoms with Gasteiger partial charge in [0.15, 0.2) is 0 Å². The SMILES string of the molecule is OC1CC(CNC(Cc2ccccc2)c2ccccc2)C1. The van der Waals surface area contributed by atoms with Crippen LogP contribution < -0.4 is 5.32 Å². The van der Waals surface area contributed by atoms with E-state index in [0.29, 0.717) is 12.0 Å². The molecule has 2 heteroatoms. The van der Waals surface area contributed by atoms with Crippen molar-refractivity contribution < 1.29 is 5.11 Å². The van der Waals surface area contributed by atoms with E-state index in [1.165, 1.54) is 11.1 Å². The monoisotopic (exact) mass is 281 g/mol. The molecule has 1 atom stereocenters. The quantitative estimate of drug-likeness (QED) is 0.851. The first-order chi connectivity index (χ1) is 10.3. The number of aliphatic hydroxyl groups is 1. The summed E-state index contributed by atoms with van der Waals surface area (Å²) in [5.74, 6) is 0.627. The highest BCUT2D eigenvalue weighted by Crippen LogP contribution is 2.27. The molecule has 110 valence electrons. The van der Waals surface area contributed by atoms with Crippen LogP contribution in [0.5, 0.6) is 0 Å². The molecule has 0 bridgehead atoms. The molecule has 0 aliphatic heterocycles. The average molecular weight is 281 g/mol. The molecule has 1 unspecified atom stereocenters. The minimum Gasteiger partial charge on any atom is -0.393 e. The first-order valence-electron chi connectivity index (χ1n) is 7.81. The summed E-state index contributed by atoms with van der Waals surface area (Å²) < 4.78 is 0. The molecule has 2 aromatic rings. The standard InChI is InChI=1S/C19H23NO/c21-18-11-16(12-18)14-20-19(17-9-5-2-6-10-17)13-15-7-3-1-4-8-15/h1-10,16,18-21H,11-14H2. The van der Waals surface area contributed by atoms with Gasteiger partial charge in [-0.05, 0) is 42.9 Å². The molecule has 1 fully saturated rings. The Labute approximate surface area is 126 Å². The predicted octanol–water partition coefficient (Wildman–Crippen LogP) is 3.33. The van der Waals surface area contributed by atoms with Crippen molar-refractivity contribution in [2.45, 2.75) is 31.4 Å². The van der Waals surface area contributed by atoms with Gasteiger partial charge in [-0.15, -0.1) is 0 Å². The van der Waals surface area contributed by atoms with Crippen molar-refractivity contribution in [1.82, 2.24) is 5.32 Å². The van der Waals surface area contributed by atoms with Crippen LogP contribution >= 0.6 is 0 Å². The van der Waals surface area contributed by atoms with Crippen molar-refractivity contribution >= 4 is 0 Å². The molecule has 1 aliphatic carbocycles. The van der Waals surface area contributed by atoms with Gasteiger partial charge in [-0.1, -0.05) is 60.7 Å². The zero-order valence-electron chi connectivity index (χ0n) is 12.3. The van der Waals surface area contributed by atoms with E-state index in [1.54, 1.807) is 0 Å².